The molecule has 6 heteroatoms. The predicted octanol–water partition coefficient (Wildman–Crippen LogP) is 1.78. The van der Waals surface area contributed by atoms with Crippen molar-refractivity contribution in [1.82, 2.24) is 14.6 Å². The number of aromatic nitrogens is 3. The summed E-state index contributed by atoms with van der Waals surface area (Å²) in [6.45, 7) is 0.853. The Morgan fingerprint density at radius 1 is 1.32 bits per heavy atom. The maximum absolute atomic E-state index is 8.77. The lowest BCUT2D eigenvalue weighted by Crippen LogP contribution is -2.07. The van der Waals surface area contributed by atoms with Crippen LogP contribution in [0.3, 0.4) is 0 Å². The molecule has 3 aromatic rings. The van der Waals surface area contributed by atoms with Crippen LogP contribution in [0.1, 0.15) is 6.42 Å². The quantitative estimate of drug-likeness (QED) is 0.682. The molecule has 0 saturated carbocycles. The molecule has 3 aromatic heterocycles. The van der Waals surface area contributed by atoms with Gasteiger partial charge in [0.15, 0.2) is 5.65 Å². The van der Waals surface area contributed by atoms with E-state index in [1.54, 1.807) is 23.2 Å². The number of aliphatic hydroxyl groups excluding tert-OH is 1. The molecule has 0 aliphatic rings. The number of rotatable bonds is 5. The van der Waals surface area contributed by atoms with Gasteiger partial charge in [-0.25, -0.2) is 9.50 Å². The van der Waals surface area contributed by atoms with Gasteiger partial charge in [0, 0.05) is 18.7 Å². The molecule has 0 fully saturated rings. The van der Waals surface area contributed by atoms with E-state index in [2.05, 4.69) is 15.4 Å². The molecule has 19 heavy (non-hydrogen) atoms. The zero-order valence-electron chi connectivity index (χ0n) is 10.3. The predicted molar refractivity (Wildman–Crippen MR) is 70.9 cm³/mol. The van der Waals surface area contributed by atoms with Crippen LogP contribution in [0.4, 0.5) is 5.82 Å². The third-order valence-corrected chi connectivity index (χ3v) is 2.82. The highest BCUT2D eigenvalue weighted by atomic mass is 16.3. The number of hydrogen-bond donors (Lipinski definition) is 2. The largest absolute Gasteiger partial charge is 0.472 e. The summed E-state index contributed by atoms with van der Waals surface area (Å²) in [7, 11) is 0. The molecule has 0 atom stereocenters. The zero-order valence-corrected chi connectivity index (χ0v) is 10.3. The van der Waals surface area contributed by atoms with Crippen LogP contribution in [0.25, 0.3) is 16.9 Å². The lowest BCUT2D eigenvalue weighted by molar-refractivity contribution is 0.292. The maximum Gasteiger partial charge on any atom is 0.154 e. The smallest absolute Gasteiger partial charge is 0.154 e. The zero-order chi connectivity index (χ0) is 13.1. The van der Waals surface area contributed by atoms with Crippen molar-refractivity contribution >= 4 is 11.5 Å². The van der Waals surface area contributed by atoms with Crippen LogP contribution in [0, 0.1) is 0 Å². The van der Waals surface area contributed by atoms with Crippen LogP contribution in [0.15, 0.2) is 41.3 Å². The Morgan fingerprint density at radius 3 is 3.05 bits per heavy atom. The van der Waals surface area contributed by atoms with Crippen LogP contribution in [0.5, 0.6) is 0 Å². The van der Waals surface area contributed by atoms with Crippen molar-refractivity contribution in [1.29, 1.82) is 0 Å². The minimum Gasteiger partial charge on any atom is -0.472 e. The van der Waals surface area contributed by atoms with Gasteiger partial charge in [0.2, 0.25) is 0 Å². The van der Waals surface area contributed by atoms with Gasteiger partial charge >= 0.3 is 0 Å². The van der Waals surface area contributed by atoms with Crippen LogP contribution >= 0.6 is 0 Å². The van der Waals surface area contributed by atoms with Gasteiger partial charge in [-0.1, -0.05) is 0 Å². The number of anilines is 1. The summed E-state index contributed by atoms with van der Waals surface area (Å²) in [5, 5.41) is 16.4. The summed E-state index contributed by atoms with van der Waals surface area (Å²) in [6, 6.07) is 5.65. The molecule has 2 N–H and O–H groups in total. The first-order valence-corrected chi connectivity index (χ1v) is 6.10. The number of nitrogens with one attached hydrogen (secondary N) is 1. The Hall–Kier alpha value is -2.34. The topological polar surface area (TPSA) is 75.6 Å². The van der Waals surface area contributed by atoms with E-state index < -0.39 is 0 Å². The fourth-order valence-electron chi connectivity index (χ4n) is 1.87. The summed E-state index contributed by atoms with van der Waals surface area (Å²) < 4.78 is 6.85. The molecule has 0 bridgehead atoms. The molecule has 3 rings (SSSR count). The van der Waals surface area contributed by atoms with Gasteiger partial charge in [-0.15, -0.1) is 5.10 Å². The van der Waals surface area contributed by atoms with Gasteiger partial charge in [-0.3, -0.25) is 0 Å². The highest BCUT2D eigenvalue weighted by Gasteiger charge is 2.08. The average Bonchev–Trinajstić information content (AvgIpc) is 3.07. The first-order valence-electron chi connectivity index (χ1n) is 6.10. The minimum absolute atomic E-state index is 0.167. The summed E-state index contributed by atoms with van der Waals surface area (Å²) in [6.07, 6.45) is 5.75. The van der Waals surface area contributed by atoms with Gasteiger partial charge in [0.05, 0.1) is 24.4 Å². The Labute approximate surface area is 109 Å². The minimum atomic E-state index is 0.167. The van der Waals surface area contributed by atoms with E-state index in [-0.39, 0.29) is 6.61 Å². The second-order valence-electron chi connectivity index (χ2n) is 4.15. The number of hydrogen-bond acceptors (Lipinski definition) is 5. The standard InChI is InChI=1S/C13H14N4O2/c18-6-1-5-14-12-2-3-13-15-8-11(17(13)16-12)10-4-7-19-9-10/h2-4,7-9,18H,1,5-6H2,(H,14,16). The molecule has 0 amide bonds. The van der Waals surface area contributed by atoms with Gasteiger partial charge in [-0.2, -0.15) is 0 Å². The van der Waals surface area contributed by atoms with Crippen molar-refractivity contribution < 1.29 is 9.52 Å². The molecule has 98 valence electrons. The van der Waals surface area contributed by atoms with Crippen molar-refractivity contribution in [3.05, 3.63) is 36.9 Å². The SMILES string of the molecule is OCCCNc1ccc2ncc(-c3ccoc3)n2n1. The van der Waals surface area contributed by atoms with Crippen LogP contribution in [-0.4, -0.2) is 32.9 Å². The van der Waals surface area contributed by atoms with Gasteiger partial charge in [0.25, 0.3) is 0 Å². The van der Waals surface area contributed by atoms with Crippen molar-refractivity contribution in [3.8, 4) is 11.3 Å². The number of fused-ring (bicyclic) bond motifs is 1. The molecule has 0 saturated heterocycles. The molecule has 3 heterocycles. The molecular weight excluding hydrogens is 244 g/mol. The van der Waals surface area contributed by atoms with Gasteiger partial charge in [-0.05, 0) is 24.6 Å². The van der Waals surface area contributed by atoms with E-state index in [4.69, 9.17) is 9.52 Å². The number of imidazole rings is 1. The lowest BCUT2D eigenvalue weighted by atomic mass is 10.3. The molecule has 0 radical (unpaired) electrons. The fraction of sp³-hybridized carbons (Fsp3) is 0.231. The normalized spacial score (nSPS) is 11.0. The van der Waals surface area contributed by atoms with Crippen molar-refractivity contribution in [2.45, 2.75) is 6.42 Å². The van der Waals surface area contributed by atoms with E-state index in [0.717, 1.165) is 22.7 Å². The molecule has 0 aliphatic heterocycles. The van der Waals surface area contributed by atoms with Gasteiger partial charge < -0.3 is 14.8 Å². The highest BCUT2D eigenvalue weighted by molar-refractivity contribution is 5.62. The van der Waals surface area contributed by atoms with Crippen molar-refractivity contribution in [2.75, 3.05) is 18.5 Å². The van der Waals surface area contributed by atoms with E-state index >= 15 is 0 Å². The summed E-state index contributed by atoms with van der Waals surface area (Å²) in [4.78, 5) is 4.30. The second kappa shape index (κ2) is 5.11. The maximum atomic E-state index is 8.77. The van der Waals surface area contributed by atoms with E-state index in [9.17, 15) is 0 Å². The second-order valence-corrected chi connectivity index (χ2v) is 4.15. The van der Waals surface area contributed by atoms with Gasteiger partial charge in [0.1, 0.15) is 5.82 Å². The van der Waals surface area contributed by atoms with Crippen molar-refractivity contribution in [2.24, 2.45) is 0 Å². The first-order chi connectivity index (χ1) is 9.38. The van der Waals surface area contributed by atoms with Crippen LogP contribution < -0.4 is 5.32 Å². The molecule has 6 nitrogen and oxygen atoms in total. The molecule has 0 aliphatic carbocycles. The first kappa shape index (κ1) is 11.7. The summed E-state index contributed by atoms with van der Waals surface area (Å²) in [5.41, 5.74) is 2.60. The van der Waals surface area contributed by atoms with E-state index in [1.165, 1.54) is 0 Å². The Bertz CT molecular complexity index is 660. The monoisotopic (exact) mass is 258 g/mol. The fourth-order valence-corrected chi connectivity index (χ4v) is 1.87. The third-order valence-electron chi connectivity index (χ3n) is 2.82. The number of nitrogens with zero attached hydrogens (tertiary/aromatic N) is 3. The molecule has 0 spiro atoms. The molecular formula is C13H14N4O2. The third kappa shape index (κ3) is 2.30. The Kier molecular flexibility index (Phi) is 3.16. The number of furan rings is 1. The lowest BCUT2D eigenvalue weighted by Gasteiger charge is -2.05. The highest BCUT2D eigenvalue weighted by Crippen LogP contribution is 2.20. The summed E-state index contributed by atoms with van der Waals surface area (Å²) >= 11 is 0. The van der Waals surface area contributed by atoms with E-state index in [1.807, 2.05) is 18.2 Å². The Morgan fingerprint density at radius 2 is 2.26 bits per heavy atom. The van der Waals surface area contributed by atoms with Crippen LogP contribution in [-0.2, 0) is 0 Å². The molecule has 0 unspecified atom stereocenters. The van der Waals surface area contributed by atoms with Crippen molar-refractivity contribution in [3.63, 3.8) is 0 Å². The number of aliphatic hydroxyl groups is 1. The summed E-state index contributed by atoms with van der Waals surface area (Å²) in [5.74, 6) is 0.753. The average molecular weight is 258 g/mol. The van der Waals surface area contributed by atoms with Crippen LogP contribution in [0.2, 0.25) is 0 Å². The Balaban J connectivity index is 1.94. The molecule has 0 aromatic carbocycles. The van der Waals surface area contributed by atoms with E-state index in [0.29, 0.717) is 13.0 Å².